The standard InChI is InChI=1S/C10H13F3N2/c1-15(7-6-10(11,12)13)9-4-2-8(14)3-5-9/h2-5H,6-7,14H2,1H3. The molecule has 0 atom stereocenters. The van der Waals surface area contributed by atoms with E-state index < -0.39 is 12.6 Å². The molecule has 0 aliphatic rings. The second-order valence-corrected chi connectivity index (χ2v) is 3.38. The average Bonchev–Trinajstić information content (AvgIpc) is 2.14. The van der Waals surface area contributed by atoms with E-state index in [0.29, 0.717) is 5.69 Å². The summed E-state index contributed by atoms with van der Waals surface area (Å²) >= 11 is 0. The van der Waals surface area contributed by atoms with Crippen molar-refractivity contribution in [1.29, 1.82) is 0 Å². The van der Waals surface area contributed by atoms with E-state index in [0.717, 1.165) is 5.69 Å². The van der Waals surface area contributed by atoms with E-state index in [4.69, 9.17) is 5.73 Å². The molecule has 0 unspecified atom stereocenters. The molecule has 0 bridgehead atoms. The fourth-order valence-electron chi connectivity index (χ4n) is 1.15. The molecule has 1 aromatic rings. The summed E-state index contributed by atoms with van der Waals surface area (Å²) in [6.45, 7) is -0.0482. The van der Waals surface area contributed by atoms with Crippen LogP contribution in [0.5, 0.6) is 0 Å². The van der Waals surface area contributed by atoms with Crippen LogP contribution >= 0.6 is 0 Å². The molecule has 15 heavy (non-hydrogen) atoms. The van der Waals surface area contributed by atoms with E-state index in [2.05, 4.69) is 0 Å². The Bertz CT molecular complexity index is 305. The van der Waals surface area contributed by atoms with Crippen molar-refractivity contribution in [1.82, 2.24) is 0 Å². The van der Waals surface area contributed by atoms with E-state index in [1.54, 1.807) is 36.2 Å². The van der Waals surface area contributed by atoms with Gasteiger partial charge in [0.05, 0.1) is 6.42 Å². The summed E-state index contributed by atoms with van der Waals surface area (Å²) in [5.41, 5.74) is 6.80. The predicted molar refractivity (Wildman–Crippen MR) is 54.8 cm³/mol. The zero-order chi connectivity index (χ0) is 11.5. The fourth-order valence-corrected chi connectivity index (χ4v) is 1.15. The number of alkyl halides is 3. The summed E-state index contributed by atoms with van der Waals surface area (Å²) in [6, 6.07) is 6.73. The SMILES string of the molecule is CN(CCC(F)(F)F)c1ccc(N)cc1. The van der Waals surface area contributed by atoms with E-state index >= 15 is 0 Å². The van der Waals surface area contributed by atoms with E-state index in [1.165, 1.54) is 0 Å². The zero-order valence-electron chi connectivity index (χ0n) is 8.38. The van der Waals surface area contributed by atoms with Crippen LogP contribution in [0.4, 0.5) is 24.5 Å². The maximum absolute atomic E-state index is 11.9. The molecular weight excluding hydrogens is 205 g/mol. The van der Waals surface area contributed by atoms with Crippen molar-refractivity contribution in [2.75, 3.05) is 24.2 Å². The third-order valence-electron chi connectivity index (χ3n) is 2.06. The lowest BCUT2D eigenvalue weighted by Gasteiger charge is -2.20. The van der Waals surface area contributed by atoms with Gasteiger partial charge in [-0.15, -0.1) is 0 Å². The molecule has 1 aromatic carbocycles. The van der Waals surface area contributed by atoms with Gasteiger partial charge in [-0.2, -0.15) is 13.2 Å². The fraction of sp³-hybridized carbons (Fsp3) is 0.400. The molecule has 1 rings (SSSR count). The Morgan fingerprint density at radius 2 is 1.73 bits per heavy atom. The van der Waals surface area contributed by atoms with Crippen LogP contribution in [0.25, 0.3) is 0 Å². The Labute approximate surface area is 86.5 Å². The molecule has 0 radical (unpaired) electrons. The number of rotatable bonds is 3. The molecular formula is C10H13F3N2. The first-order valence-electron chi connectivity index (χ1n) is 4.52. The molecule has 0 saturated carbocycles. The molecule has 0 saturated heterocycles. The lowest BCUT2D eigenvalue weighted by Crippen LogP contribution is -2.23. The van der Waals surface area contributed by atoms with Crippen molar-refractivity contribution in [2.24, 2.45) is 0 Å². The number of hydrogen-bond donors (Lipinski definition) is 1. The predicted octanol–water partition coefficient (Wildman–Crippen LogP) is 2.66. The first-order chi connectivity index (χ1) is 6.88. The largest absolute Gasteiger partial charge is 0.399 e. The van der Waals surface area contributed by atoms with Gasteiger partial charge in [-0.3, -0.25) is 0 Å². The average molecular weight is 218 g/mol. The molecule has 84 valence electrons. The van der Waals surface area contributed by atoms with Crippen LogP contribution in [0.15, 0.2) is 24.3 Å². The molecule has 2 nitrogen and oxygen atoms in total. The van der Waals surface area contributed by atoms with Gasteiger partial charge in [0, 0.05) is 25.0 Å². The highest BCUT2D eigenvalue weighted by molar-refractivity contribution is 5.52. The summed E-state index contributed by atoms with van der Waals surface area (Å²) in [7, 11) is 1.62. The van der Waals surface area contributed by atoms with Crippen molar-refractivity contribution in [3.05, 3.63) is 24.3 Å². The second-order valence-electron chi connectivity index (χ2n) is 3.38. The van der Waals surface area contributed by atoms with E-state index in [-0.39, 0.29) is 6.54 Å². The van der Waals surface area contributed by atoms with Gasteiger partial charge in [0.1, 0.15) is 0 Å². The quantitative estimate of drug-likeness (QED) is 0.790. The van der Waals surface area contributed by atoms with Gasteiger partial charge in [-0.05, 0) is 24.3 Å². The topological polar surface area (TPSA) is 29.3 Å². The number of benzene rings is 1. The van der Waals surface area contributed by atoms with Gasteiger partial charge in [0.25, 0.3) is 0 Å². The number of nitrogens with zero attached hydrogens (tertiary/aromatic N) is 1. The van der Waals surface area contributed by atoms with Crippen molar-refractivity contribution >= 4 is 11.4 Å². The van der Waals surface area contributed by atoms with E-state index in [1.807, 2.05) is 0 Å². The second kappa shape index (κ2) is 4.42. The smallest absolute Gasteiger partial charge is 0.390 e. The number of nitrogens with two attached hydrogens (primary N) is 1. The van der Waals surface area contributed by atoms with Gasteiger partial charge in [-0.1, -0.05) is 0 Å². The van der Waals surface area contributed by atoms with Crippen LogP contribution in [-0.4, -0.2) is 19.8 Å². The molecule has 0 aliphatic carbocycles. The molecule has 0 amide bonds. The van der Waals surface area contributed by atoms with Gasteiger partial charge >= 0.3 is 6.18 Å². The number of hydrogen-bond acceptors (Lipinski definition) is 2. The monoisotopic (exact) mass is 218 g/mol. The lowest BCUT2D eigenvalue weighted by atomic mass is 10.2. The minimum Gasteiger partial charge on any atom is -0.399 e. The Kier molecular flexibility index (Phi) is 3.44. The highest BCUT2D eigenvalue weighted by atomic mass is 19.4. The minimum absolute atomic E-state index is 0.0482. The Balaban J connectivity index is 2.54. The highest BCUT2D eigenvalue weighted by Gasteiger charge is 2.27. The minimum atomic E-state index is -4.11. The van der Waals surface area contributed by atoms with E-state index in [9.17, 15) is 13.2 Å². The molecule has 2 N–H and O–H groups in total. The highest BCUT2D eigenvalue weighted by Crippen LogP contribution is 2.22. The first kappa shape index (κ1) is 11.7. The molecule has 0 aliphatic heterocycles. The molecule has 0 aromatic heterocycles. The molecule has 5 heteroatoms. The summed E-state index contributed by atoms with van der Waals surface area (Å²) in [6.07, 6.45) is -4.92. The Hall–Kier alpha value is -1.39. The van der Waals surface area contributed by atoms with Gasteiger partial charge < -0.3 is 10.6 Å². The van der Waals surface area contributed by atoms with Crippen LogP contribution in [0.3, 0.4) is 0 Å². The normalized spacial score (nSPS) is 11.5. The van der Waals surface area contributed by atoms with Crippen LogP contribution in [-0.2, 0) is 0 Å². The molecule has 0 fully saturated rings. The van der Waals surface area contributed by atoms with Crippen LogP contribution in [0, 0.1) is 0 Å². The van der Waals surface area contributed by atoms with Crippen molar-refractivity contribution in [3.8, 4) is 0 Å². The Morgan fingerprint density at radius 3 is 2.20 bits per heavy atom. The first-order valence-corrected chi connectivity index (χ1v) is 4.52. The molecule has 0 heterocycles. The van der Waals surface area contributed by atoms with Crippen LogP contribution < -0.4 is 10.6 Å². The lowest BCUT2D eigenvalue weighted by molar-refractivity contribution is -0.132. The summed E-state index contributed by atoms with van der Waals surface area (Å²) in [4.78, 5) is 1.55. The zero-order valence-corrected chi connectivity index (χ0v) is 8.38. The van der Waals surface area contributed by atoms with Crippen molar-refractivity contribution in [3.63, 3.8) is 0 Å². The van der Waals surface area contributed by atoms with Crippen LogP contribution in [0.1, 0.15) is 6.42 Å². The summed E-state index contributed by atoms with van der Waals surface area (Å²) in [5, 5.41) is 0. The van der Waals surface area contributed by atoms with Crippen molar-refractivity contribution < 1.29 is 13.2 Å². The van der Waals surface area contributed by atoms with Gasteiger partial charge in [-0.25, -0.2) is 0 Å². The number of halogens is 3. The van der Waals surface area contributed by atoms with Crippen molar-refractivity contribution in [2.45, 2.75) is 12.6 Å². The summed E-state index contributed by atoms with van der Waals surface area (Å²) in [5.74, 6) is 0. The maximum atomic E-state index is 11.9. The molecule has 0 spiro atoms. The number of anilines is 2. The number of nitrogen functional groups attached to an aromatic ring is 1. The third-order valence-corrected chi connectivity index (χ3v) is 2.06. The summed E-state index contributed by atoms with van der Waals surface area (Å²) < 4.78 is 35.8. The maximum Gasteiger partial charge on any atom is 0.390 e. The Morgan fingerprint density at radius 1 is 1.20 bits per heavy atom. The van der Waals surface area contributed by atoms with Crippen LogP contribution in [0.2, 0.25) is 0 Å². The van der Waals surface area contributed by atoms with Gasteiger partial charge in [0.15, 0.2) is 0 Å². The van der Waals surface area contributed by atoms with Gasteiger partial charge in [0.2, 0.25) is 0 Å². The third kappa shape index (κ3) is 4.10.